The Morgan fingerprint density at radius 1 is 1.21 bits per heavy atom. The van der Waals surface area contributed by atoms with E-state index < -0.39 is 16.3 Å². The lowest BCUT2D eigenvalue weighted by Gasteiger charge is -2.41. The van der Waals surface area contributed by atoms with E-state index in [0.29, 0.717) is 42.0 Å². The van der Waals surface area contributed by atoms with Crippen LogP contribution in [0.5, 0.6) is 5.75 Å². The van der Waals surface area contributed by atoms with E-state index in [9.17, 15) is 13.2 Å². The fourth-order valence-electron chi connectivity index (χ4n) is 4.28. The number of piperazine rings is 1. The molecule has 4 rings (SSSR count). The number of nitrogens with zero attached hydrogens (tertiary/aromatic N) is 7. The molecule has 1 amide bonds. The summed E-state index contributed by atoms with van der Waals surface area (Å²) in [6.45, 7) is 1.02. The molecule has 1 fully saturated rings. The van der Waals surface area contributed by atoms with Crippen LogP contribution in [0.2, 0.25) is 10.2 Å². The van der Waals surface area contributed by atoms with Crippen LogP contribution in [0.4, 0.5) is 5.82 Å². The summed E-state index contributed by atoms with van der Waals surface area (Å²) in [6, 6.07) is 6.59. The van der Waals surface area contributed by atoms with Crippen LogP contribution in [0.1, 0.15) is 12.0 Å². The monoisotopic (exact) mass is 596 g/mol. The van der Waals surface area contributed by atoms with E-state index in [1.54, 1.807) is 48.6 Å². The van der Waals surface area contributed by atoms with E-state index >= 15 is 0 Å². The number of ether oxygens (including phenoxy) is 1. The van der Waals surface area contributed by atoms with Gasteiger partial charge in [0.15, 0.2) is 0 Å². The van der Waals surface area contributed by atoms with Crippen LogP contribution in [-0.4, -0.2) is 95.9 Å². The van der Waals surface area contributed by atoms with Gasteiger partial charge in [0.1, 0.15) is 23.0 Å². The molecule has 1 unspecified atom stereocenters. The Morgan fingerprint density at radius 3 is 2.67 bits per heavy atom. The fraction of sp³-hybridized carbons (Fsp3) is 0.417. The summed E-state index contributed by atoms with van der Waals surface area (Å²) in [4.78, 5) is 27.8. The topological polar surface area (TPSA) is 126 Å². The van der Waals surface area contributed by atoms with Gasteiger partial charge in [-0.2, -0.15) is 22.0 Å². The van der Waals surface area contributed by atoms with Crippen LogP contribution < -0.4 is 15.0 Å². The van der Waals surface area contributed by atoms with Crippen molar-refractivity contribution in [2.24, 2.45) is 0 Å². The van der Waals surface area contributed by atoms with Crippen LogP contribution >= 0.6 is 23.2 Å². The second kappa shape index (κ2) is 12.5. The number of aromatic nitrogens is 4. The van der Waals surface area contributed by atoms with Crippen molar-refractivity contribution in [3.05, 3.63) is 58.7 Å². The first kappa shape index (κ1) is 29.0. The van der Waals surface area contributed by atoms with Crippen LogP contribution in [0.25, 0.3) is 5.95 Å². The molecule has 1 saturated heterocycles. The lowest BCUT2D eigenvalue weighted by atomic mass is 10.1. The normalized spacial score (nSPS) is 16.5. The number of carbonyl (C=O) groups is 1. The molecule has 39 heavy (non-hydrogen) atoms. The number of benzene rings is 1. The van der Waals surface area contributed by atoms with Gasteiger partial charge >= 0.3 is 0 Å². The lowest BCUT2D eigenvalue weighted by Crippen LogP contribution is -2.58. The summed E-state index contributed by atoms with van der Waals surface area (Å²) in [7, 11) is 0.841. The van der Waals surface area contributed by atoms with E-state index in [1.807, 2.05) is 11.0 Å². The average molecular weight is 598 g/mol. The number of anilines is 1. The van der Waals surface area contributed by atoms with E-state index in [4.69, 9.17) is 27.9 Å². The summed E-state index contributed by atoms with van der Waals surface area (Å²) in [5.41, 5.74) is 0.950. The number of methoxy groups -OCH3 is 1. The number of hydrogen-bond acceptors (Lipinski definition) is 8. The van der Waals surface area contributed by atoms with Crippen molar-refractivity contribution in [3.8, 4) is 11.7 Å². The largest absolute Gasteiger partial charge is 0.495 e. The second-order valence-electron chi connectivity index (χ2n) is 9.09. The van der Waals surface area contributed by atoms with Gasteiger partial charge in [-0.25, -0.2) is 9.97 Å². The highest BCUT2D eigenvalue weighted by atomic mass is 35.5. The molecule has 15 heteroatoms. The second-order valence-corrected chi connectivity index (χ2v) is 12.0. The molecule has 12 nitrogen and oxygen atoms in total. The van der Waals surface area contributed by atoms with Crippen molar-refractivity contribution in [1.82, 2.24) is 33.4 Å². The molecule has 0 aliphatic carbocycles. The van der Waals surface area contributed by atoms with Gasteiger partial charge in [0.05, 0.1) is 18.2 Å². The first-order valence-corrected chi connectivity index (χ1v) is 14.3. The Morgan fingerprint density at radius 2 is 2.00 bits per heavy atom. The molecule has 1 aliphatic heterocycles. The number of rotatable bonds is 10. The maximum Gasteiger partial charge on any atom is 0.281 e. The molecule has 0 saturated carbocycles. The Bertz CT molecular complexity index is 1410. The maximum atomic E-state index is 13.0. The summed E-state index contributed by atoms with van der Waals surface area (Å²) >= 11 is 12.5. The quantitative estimate of drug-likeness (QED) is 0.352. The average Bonchev–Trinajstić information content (AvgIpc) is 3.43. The number of hydrogen-bond donors (Lipinski definition) is 1. The summed E-state index contributed by atoms with van der Waals surface area (Å²) < 4.78 is 35.1. The number of nitrogens with one attached hydrogen (secondary N) is 1. The minimum atomic E-state index is -3.67. The van der Waals surface area contributed by atoms with Gasteiger partial charge in [-0.1, -0.05) is 29.3 Å². The van der Waals surface area contributed by atoms with Gasteiger partial charge in [0, 0.05) is 65.2 Å². The zero-order valence-electron chi connectivity index (χ0n) is 21.8. The van der Waals surface area contributed by atoms with Crippen molar-refractivity contribution in [2.75, 3.05) is 52.3 Å². The Hall–Kier alpha value is -2.97. The number of carbonyl (C=O) groups excluding carboxylic acids is 1. The molecule has 0 radical (unpaired) electrons. The van der Waals surface area contributed by atoms with Crippen molar-refractivity contribution >= 4 is 45.1 Å². The molecule has 3 aromatic rings. The molecule has 1 aromatic carbocycles. The van der Waals surface area contributed by atoms with E-state index in [2.05, 4.69) is 20.3 Å². The third-order valence-corrected chi connectivity index (χ3v) is 8.70. The lowest BCUT2D eigenvalue weighted by molar-refractivity contribution is -0.121. The highest BCUT2D eigenvalue weighted by Crippen LogP contribution is 2.26. The minimum Gasteiger partial charge on any atom is -0.495 e. The Balaban J connectivity index is 1.50. The minimum absolute atomic E-state index is 0.0465. The molecule has 0 spiro atoms. The van der Waals surface area contributed by atoms with E-state index in [1.165, 1.54) is 22.7 Å². The third kappa shape index (κ3) is 6.97. The van der Waals surface area contributed by atoms with Gasteiger partial charge in [-0.15, -0.1) is 0 Å². The molecule has 1 aliphatic rings. The number of amides is 1. The molecule has 3 heterocycles. The highest BCUT2D eigenvalue weighted by molar-refractivity contribution is 7.86. The third-order valence-electron chi connectivity index (χ3n) is 6.31. The van der Waals surface area contributed by atoms with Crippen molar-refractivity contribution in [3.63, 3.8) is 0 Å². The van der Waals surface area contributed by atoms with Crippen LogP contribution in [0, 0.1) is 0 Å². The maximum absolute atomic E-state index is 13.0. The molecular formula is C24H30Cl2N8O4S. The first-order valence-electron chi connectivity index (χ1n) is 12.1. The van der Waals surface area contributed by atoms with Crippen LogP contribution in [-0.2, 0) is 21.4 Å². The Labute approximate surface area is 237 Å². The summed E-state index contributed by atoms with van der Waals surface area (Å²) in [5, 5.41) is 3.65. The fourth-order valence-corrected chi connectivity index (χ4v) is 5.86. The smallest absolute Gasteiger partial charge is 0.281 e. The summed E-state index contributed by atoms with van der Waals surface area (Å²) in [5.74, 6) is 1.18. The van der Waals surface area contributed by atoms with E-state index in [0.717, 1.165) is 5.56 Å². The zero-order chi connectivity index (χ0) is 28.2. The van der Waals surface area contributed by atoms with Crippen molar-refractivity contribution < 1.29 is 17.9 Å². The first-order chi connectivity index (χ1) is 18.6. The molecule has 1 N–H and O–H groups in total. The SMILES string of the molecule is COc1ccc(CCNC(=O)CC2CN(S(=O)(=O)N(C)C)CCN2c2cc(Cl)nc(-n3ccnc3)n2)cc1Cl. The standard InChI is InChI=1S/C24H30Cl2N8O4S/c1-31(2)39(36,37)33-10-11-34(22-14-21(26)29-24(30-22)32-9-8-27-16-32)18(15-33)13-23(35)28-7-6-17-4-5-20(38-3)19(25)12-17/h4-5,8-9,12,14,16,18H,6-7,10-11,13,15H2,1-3H3,(H,28,35). The van der Waals surface area contributed by atoms with Crippen molar-refractivity contribution in [1.29, 1.82) is 0 Å². The van der Waals surface area contributed by atoms with Crippen LogP contribution in [0.15, 0.2) is 43.0 Å². The zero-order valence-corrected chi connectivity index (χ0v) is 24.1. The van der Waals surface area contributed by atoms with Gasteiger partial charge in [0.25, 0.3) is 10.2 Å². The molecule has 2 aromatic heterocycles. The van der Waals surface area contributed by atoms with Gasteiger partial charge < -0.3 is 15.0 Å². The number of imidazole rings is 1. The van der Waals surface area contributed by atoms with Gasteiger partial charge in [-0.05, 0) is 24.1 Å². The molecule has 210 valence electrons. The van der Waals surface area contributed by atoms with Gasteiger partial charge in [0.2, 0.25) is 11.9 Å². The predicted molar refractivity (Wildman–Crippen MR) is 149 cm³/mol. The van der Waals surface area contributed by atoms with E-state index in [-0.39, 0.29) is 30.6 Å². The summed E-state index contributed by atoms with van der Waals surface area (Å²) in [6.07, 6.45) is 5.46. The van der Waals surface area contributed by atoms with Gasteiger partial charge in [-0.3, -0.25) is 9.36 Å². The predicted octanol–water partition coefficient (Wildman–Crippen LogP) is 2.02. The van der Waals surface area contributed by atoms with Crippen molar-refractivity contribution in [2.45, 2.75) is 18.9 Å². The molecule has 1 atom stereocenters. The molecule has 0 bridgehead atoms. The number of halogens is 2. The highest BCUT2D eigenvalue weighted by Gasteiger charge is 2.36. The molecular weight excluding hydrogens is 567 g/mol. The Kier molecular flexibility index (Phi) is 9.28. The van der Waals surface area contributed by atoms with Crippen LogP contribution in [0.3, 0.4) is 0 Å².